The molecule has 1 fully saturated rings. The number of nitrogens with two attached hydrogens (primary N) is 1. The summed E-state index contributed by atoms with van der Waals surface area (Å²) in [6.45, 7) is 0.187. The van der Waals surface area contributed by atoms with Gasteiger partial charge in [-0.3, -0.25) is 14.5 Å². The average molecular weight is 498 g/mol. The Kier molecular flexibility index (Phi) is 5.64. The molecule has 2 amide bonds. The van der Waals surface area contributed by atoms with E-state index in [1.165, 1.54) is 18.9 Å². The molecule has 0 bridgehead atoms. The zero-order valence-corrected chi connectivity index (χ0v) is 19.0. The molecule has 0 aromatic carbocycles. The number of nitrogens with one attached hydrogen (secondary N) is 1. The number of oxazole rings is 1. The molecule has 35 heavy (non-hydrogen) atoms. The molecule has 13 nitrogen and oxygen atoms in total. The van der Waals surface area contributed by atoms with E-state index >= 15 is 0 Å². The zero-order valence-electron chi connectivity index (χ0n) is 18.2. The van der Waals surface area contributed by atoms with Crippen molar-refractivity contribution >= 4 is 52.4 Å². The summed E-state index contributed by atoms with van der Waals surface area (Å²) < 4.78 is 12.2. The van der Waals surface area contributed by atoms with Gasteiger partial charge in [-0.2, -0.15) is 9.55 Å². The number of thioether (sulfide) groups is 1. The number of rotatable bonds is 7. The molecule has 14 heteroatoms. The van der Waals surface area contributed by atoms with Crippen LogP contribution in [0, 0.1) is 0 Å². The van der Waals surface area contributed by atoms with Gasteiger partial charge in [-0.1, -0.05) is 5.16 Å². The first-order chi connectivity index (χ1) is 16.9. The maximum absolute atomic E-state index is 13.0. The van der Waals surface area contributed by atoms with Gasteiger partial charge in [0, 0.05) is 17.4 Å². The third kappa shape index (κ3) is 3.86. The van der Waals surface area contributed by atoms with Crippen molar-refractivity contribution in [2.24, 2.45) is 5.16 Å². The molecule has 3 N–H and O–H groups in total. The second kappa shape index (κ2) is 8.79. The van der Waals surface area contributed by atoms with Crippen LogP contribution in [0.4, 0.5) is 6.01 Å². The molecule has 3 aromatic rings. The SMILES string of the molecule is CO/N=C(\C(=O)NC1C(=O)N2C(C(=O)[O-])=C(C[n+]3cccc4ccoc43)CS[C@H]12)c1coc(N)n1. The number of aliphatic carboxylic acids is 1. The molecule has 0 aliphatic carbocycles. The normalized spacial score (nSPS) is 20.0. The second-order valence-corrected chi connectivity index (χ2v) is 8.72. The summed E-state index contributed by atoms with van der Waals surface area (Å²) in [7, 11) is 1.24. The molecule has 5 heterocycles. The Morgan fingerprint density at radius 1 is 1.43 bits per heavy atom. The average Bonchev–Trinajstić information content (AvgIpc) is 3.49. The number of amides is 2. The standard InChI is InChI=1S/C21H18N6O7S/c1-32-25-13(12-8-34-21(22)23-12)16(28)24-14-17(29)27-15(20(30)31)11(9-35-19(14)27)7-26-5-2-3-10-4-6-33-18(10)26/h2-6,8,14,19H,7,9H2,1H3,(H3-,22,23,24,28,30,31)/b25-13-/t14?,19-/m1/s1. The molecule has 0 spiro atoms. The number of anilines is 1. The lowest BCUT2D eigenvalue weighted by molar-refractivity contribution is -0.669. The first kappa shape index (κ1) is 22.5. The number of hydrogen-bond acceptors (Lipinski definition) is 11. The number of carboxylic acids is 1. The Bertz CT molecular complexity index is 1410. The molecule has 2 aliphatic heterocycles. The van der Waals surface area contributed by atoms with Crippen molar-refractivity contribution in [1.82, 2.24) is 15.2 Å². The summed E-state index contributed by atoms with van der Waals surface area (Å²) in [6, 6.07) is 4.32. The van der Waals surface area contributed by atoms with E-state index in [-0.39, 0.29) is 29.7 Å². The minimum atomic E-state index is -1.48. The van der Waals surface area contributed by atoms with E-state index in [0.717, 1.165) is 16.5 Å². The Morgan fingerprint density at radius 2 is 2.26 bits per heavy atom. The fourth-order valence-corrected chi connectivity index (χ4v) is 5.35. The number of fused-ring (bicyclic) bond motifs is 2. The number of carboxylic acid groups (broad SMARTS) is 1. The zero-order chi connectivity index (χ0) is 24.7. The maximum atomic E-state index is 13.0. The smallest absolute Gasteiger partial charge is 0.380 e. The van der Waals surface area contributed by atoms with Crippen LogP contribution in [0.3, 0.4) is 0 Å². The first-order valence-corrected chi connectivity index (χ1v) is 11.3. The number of nitrogen functional groups attached to an aromatic ring is 1. The fourth-order valence-electron chi connectivity index (χ4n) is 4.01. The molecule has 5 rings (SSSR count). The van der Waals surface area contributed by atoms with Crippen LogP contribution < -0.4 is 20.7 Å². The van der Waals surface area contributed by atoms with Gasteiger partial charge in [-0.25, -0.2) is 0 Å². The number of nitrogens with zero attached hydrogens (tertiary/aromatic N) is 4. The van der Waals surface area contributed by atoms with Crippen molar-refractivity contribution in [2.45, 2.75) is 18.0 Å². The number of carbonyl (C=O) groups excluding carboxylic acids is 3. The number of aromatic nitrogens is 2. The number of furan rings is 1. The van der Waals surface area contributed by atoms with E-state index in [9.17, 15) is 19.5 Å². The Hall–Kier alpha value is -4.33. The van der Waals surface area contributed by atoms with E-state index in [1.807, 2.05) is 12.1 Å². The molecule has 1 saturated heterocycles. The minimum Gasteiger partial charge on any atom is -0.543 e. The number of hydrogen-bond donors (Lipinski definition) is 2. The van der Waals surface area contributed by atoms with Crippen molar-refractivity contribution in [2.75, 3.05) is 18.6 Å². The summed E-state index contributed by atoms with van der Waals surface area (Å²) in [5, 5.41) is 18.5. The van der Waals surface area contributed by atoms with E-state index in [4.69, 9.17) is 19.4 Å². The highest BCUT2D eigenvalue weighted by atomic mass is 32.2. The van der Waals surface area contributed by atoms with Crippen LogP contribution in [0.1, 0.15) is 5.69 Å². The Morgan fingerprint density at radius 3 is 2.97 bits per heavy atom. The summed E-state index contributed by atoms with van der Waals surface area (Å²) in [5.74, 6) is -2.53. The lowest BCUT2D eigenvalue weighted by Gasteiger charge is -2.50. The quantitative estimate of drug-likeness (QED) is 0.173. The number of β-lactam (4-membered cyclic amide) rings is 1. The third-order valence-corrected chi connectivity index (χ3v) is 6.87. The maximum Gasteiger partial charge on any atom is 0.380 e. The van der Waals surface area contributed by atoms with Gasteiger partial charge in [0.15, 0.2) is 18.5 Å². The summed E-state index contributed by atoms with van der Waals surface area (Å²) >= 11 is 1.32. The number of pyridine rings is 1. The third-order valence-electron chi connectivity index (χ3n) is 5.53. The molecular weight excluding hydrogens is 480 g/mol. The highest BCUT2D eigenvalue weighted by Crippen LogP contribution is 2.40. The van der Waals surface area contributed by atoms with Gasteiger partial charge in [0.05, 0.1) is 23.3 Å². The van der Waals surface area contributed by atoms with Crippen LogP contribution in [0.25, 0.3) is 11.1 Å². The van der Waals surface area contributed by atoms with Crippen molar-refractivity contribution in [3.63, 3.8) is 0 Å². The van der Waals surface area contributed by atoms with Gasteiger partial charge in [0.1, 0.15) is 30.5 Å². The molecule has 2 aliphatic rings. The number of carbonyl (C=O) groups is 3. The van der Waals surface area contributed by atoms with Crippen LogP contribution in [-0.4, -0.2) is 57.7 Å². The molecule has 0 saturated carbocycles. The lowest BCUT2D eigenvalue weighted by Crippen LogP contribution is -2.71. The molecule has 0 radical (unpaired) electrons. The van der Waals surface area contributed by atoms with Crippen LogP contribution in [0.2, 0.25) is 0 Å². The van der Waals surface area contributed by atoms with E-state index in [0.29, 0.717) is 17.0 Å². The van der Waals surface area contributed by atoms with Crippen molar-refractivity contribution in [3.05, 3.63) is 53.9 Å². The monoisotopic (exact) mass is 498 g/mol. The van der Waals surface area contributed by atoms with Crippen molar-refractivity contribution < 1.29 is 37.7 Å². The Balaban J connectivity index is 1.38. The molecule has 1 unspecified atom stereocenters. The van der Waals surface area contributed by atoms with Gasteiger partial charge in [0.2, 0.25) is 0 Å². The second-order valence-electron chi connectivity index (χ2n) is 7.61. The highest BCUT2D eigenvalue weighted by Gasteiger charge is 2.53. The van der Waals surface area contributed by atoms with E-state index in [1.54, 1.807) is 23.1 Å². The molecule has 2 atom stereocenters. The van der Waals surface area contributed by atoms with Crippen molar-refractivity contribution in [3.8, 4) is 0 Å². The number of oxime groups is 1. The van der Waals surface area contributed by atoms with E-state index < -0.39 is 29.2 Å². The molecule has 3 aromatic heterocycles. The largest absolute Gasteiger partial charge is 0.543 e. The van der Waals surface area contributed by atoms with Gasteiger partial charge in [-0.15, -0.1) is 11.8 Å². The van der Waals surface area contributed by atoms with Crippen LogP contribution in [0.15, 0.2) is 62.2 Å². The molecule has 180 valence electrons. The van der Waals surface area contributed by atoms with E-state index in [2.05, 4.69) is 15.5 Å². The van der Waals surface area contributed by atoms with Crippen molar-refractivity contribution in [1.29, 1.82) is 0 Å². The topological polar surface area (TPSA) is 180 Å². The fraction of sp³-hybridized carbons (Fsp3) is 0.238. The summed E-state index contributed by atoms with van der Waals surface area (Å²) in [5.41, 5.74) is 6.06. The molecular formula is C21H18N6O7S. The Labute approximate surface area is 201 Å². The van der Waals surface area contributed by atoms with Gasteiger partial charge < -0.3 is 34.6 Å². The van der Waals surface area contributed by atoms with Gasteiger partial charge in [-0.05, 0) is 12.1 Å². The van der Waals surface area contributed by atoms with Crippen LogP contribution in [-0.2, 0) is 25.8 Å². The van der Waals surface area contributed by atoms with Gasteiger partial charge in [0.25, 0.3) is 17.8 Å². The lowest BCUT2D eigenvalue weighted by atomic mass is 10.0. The van der Waals surface area contributed by atoms with Crippen LogP contribution >= 0.6 is 11.8 Å². The van der Waals surface area contributed by atoms with Gasteiger partial charge >= 0.3 is 5.71 Å². The first-order valence-electron chi connectivity index (χ1n) is 10.3. The summed E-state index contributed by atoms with van der Waals surface area (Å²) in [6.07, 6.45) is 4.43. The predicted octanol–water partition coefficient (Wildman–Crippen LogP) is -1.25. The predicted molar refractivity (Wildman–Crippen MR) is 118 cm³/mol. The minimum absolute atomic E-state index is 0.0171. The highest BCUT2D eigenvalue weighted by molar-refractivity contribution is 8.00. The summed E-state index contributed by atoms with van der Waals surface area (Å²) in [4.78, 5) is 47.5. The van der Waals surface area contributed by atoms with Crippen LogP contribution in [0.5, 0.6) is 0 Å².